The van der Waals surface area contributed by atoms with Gasteiger partial charge in [-0.2, -0.15) is 0 Å². The standard InChI is InChI=1S/C23H28O5/c1-16(2)15-26-12-13-27-21-11-8-19(14-22(21)25-5)18-6-9-20(10-7-18)28-23(24)17(3)4/h6-11,14,16H,3,12-13,15H2,1-2,4-5H3. The minimum Gasteiger partial charge on any atom is -0.493 e. The van der Waals surface area contributed by atoms with Crippen LogP contribution in [0.2, 0.25) is 0 Å². The molecular formula is C23H28O5. The van der Waals surface area contributed by atoms with Crippen LogP contribution in [0.15, 0.2) is 54.6 Å². The van der Waals surface area contributed by atoms with Crippen molar-refractivity contribution in [2.75, 3.05) is 26.9 Å². The smallest absolute Gasteiger partial charge is 0.338 e. The summed E-state index contributed by atoms with van der Waals surface area (Å²) in [5.74, 6) is 1.87. The van der Waals surface area contributed by atoms with E-state index in [-0.39, 0.29) is 0 Å². The van der Waals surface area contributed by atoms with Crippen LogP contribution in [-0.2, 0) is 9.53 Å². The van der Waals surface area contributed by atoms with Gasteiger partial charge in [-0.25, -0.2) is 4.79 Å². The number of ether oxygens (including phenoxy) is 4. The molecule has 2 rings (SSSR count). The highest BCUT2D eigenvalue weighted by atomic mass is 16.5. The molecule has 0 amide bonds. The molecule has 0 radical (unpaired) electrons. The van der Waals surface area contributed by atoms with Gasteiger partial charge in [0.1, 0.15) is 12.4 Å². The number of hydrogen-bond donors (Lipinski definition) is 0. The highest BCUT2D eigenvalue weighted by molar-refractivity contribution is 5.88. The molecule has 5 heteroatoms. The fraction of sp³-hybridized carbons (Fsp3) is 0.348. The van der Waals surface area contributed by atoms with Crippen LogP contribution in [-0.4, -0.2) is 32.9 Å². The number of rotatable bonds is 10. The first-order chi connectivity index (χ1) is 13.4. The predicted octanol–water partition coefficient (Wildman–Crippen LogP) is 4.90. The monoisotopic (exact) mass is 384 g/mol. The zero-order chi connectivity index (χ0) is 20.5. The van der Waals surface area contributed by atoms with Gasteiger partial charge in [-0.15, -0.1) is 0 Å². The van der Waals surface area contributed by atoms with Gasteiger partial charge in [0.15, 0.2) is 11.5 Å². The van der Waals surface area contributed by atoms with Gasteiger partial charge in [0.2, 0.25) is 0 Å². The molecule has 0 heterocycles. The fourth-order valence-corrected chi connectivity index (χ4v) is 2.41. The minimum atomic E-state index is -0.437. The van der Waals surface area contributed by atoms with Crippen molar-refractivity contribution in [1.82, 2.24) is 0 Å². The third-order valence-electron chi connectivity index (χ3n) is 3.85. The molecule has 0 aliphatic rings. The van der Waals surface area contributed by atoms with Crippen molar-refractivity contribution in [2.24, 2.45) is 5.92 Å². The summed E-state index contributed by atoms with van der Waals surface area (Å²) in [5.41, 5.74) is 2.30. The molecule has 0 bridgehead atoms. The minimum absolute atomic E-state index is 0.360. The summed E-state index contributed by atoms with van der Waals surface area (Å²) in [6.45, 7) is 11.1. The second-order valence-corrected chi connectivity index (χ2v) is 6.88. The number of benzene rings is 2. The number of hydrogen-bond acceptors (Lipinski definition) is 5. The first-order valence-electron chi connectivity index (χ1n) is 9.27. The summed E-state index contributed by atoms with van der Waals surface area (Å²) in [5, 5.41) is 0. The van der Waals surface area contributed by atoms with E-state index in [0.717, 1.165) is 17.7 Å². The Bertz CT molecular complexity index is 793. The second kappa shape index (κ2) is 10.5. The number of carbonyl (C=O) groups is 1. The second-order valence-electron chi connectivity index (χ2n) is 6.88. The first kappa shape index (κ1) is 21.5. The Morgan fingerprint density at radius 3 is 2.29 bits per heavy atom. The van der Waals surface area contributed by atoms with Crippen LogP contribution in [0.4, 0.5) is 0 Å². The maximum Gasteiger partial charge on any atom is 0.338 e. The molecule has 0 N–H and O–H groups in total. The zero-order valence-electron chi connectivity index (χ0n) is 17.0. The Labute approximate surface area is 166 Å². The summed E-state index contributed by atoms with van der Waals surface area (Å²) < 4.78 is 22.0. The average molecular weight is 384 g/mol. The van der Waals surface area contributed by atoms with Crippen LogP contribution in [0, 0.1) is 5.92 Å². The van der Waals surface area contributed by atoms with Gasteiger partial charge in [-0.3, -0.25) is 0 Å². The molecule has 0 saturated heterocycles. The lowest BCUT2D eigenvalue weighted by Gasteiger charge is -2.13. The van der Waals surface area contributed by atoms with Crippen LogP contribution in [0.1, 0.15) is 20.8 Å². The van der Waals surface area contributed by atoms with Gasteiger partial charge in [0.25, 0.3) is 0 Å². The molecule has 0 spiro atoms. The van der Waals surface area contributed by atoms with Crippen molar-refractivity contribution in [2.45, 2.75) is 20.8 Å². The van der Waals surface area contributed by atoms with Crippen LogP contribution in [0.25, 0.3) is 11.1 Å². The molecular weight excluding hydrogens is 356 g/mol. The summed E-state index contributed by atoms with van der Waals surface area (Å²) in [6.07, 6.45) is 0. The quantitative estimate of drug-likeness (QED) is 0.252. The Morgan fingerprint density at radius 2 is 1.68 bits per heavy atom. The molecule has 0 aliphatic heterocycles. The van der Waals surface area contributed by atoms with E-state index >= 15 is 0 Å². The van der Waals surface area contributed by atoms with Crippen molar-refractivity contribution in [3.63, 3.8) is 0 Å². The van der Waals surface area contributed by atoms with E-state index in [1.54, 1.807) is 26.2 Å². The predicted molar refractivity (Wildman–Crippen MR) is 110 cm³/mol. The van der Waals surface area contributed by atoms with E-state index in [2.05, 4.69) is 20.4 Å². The van der Waals surface area contributed by atoms with Crippen LogP contribution in [0.5, 0.6) is 17.2 Å². The summed E-state index contributed by atoms with van der Waals surface area (Å²) in [6, 6.07) is 13.0. The van der Waals surface area contributed by atoms with Gasteiger partial charge < -0.3 is 18.9 Å². The Hall–Kier alpha value is -2.79. The third kappa shape index (κ3) is 6.43. The molecule has 150 valence electrons. The first-order valence-corrected chi connectivity index (χ1v) is 9.27. The van der Waals surface area contributed by atoms with Crippen molar-refractivity contribution in [3.05, 3.63) is 54.6 Å². The lowest BCUT2D eigenvalue weighted by Crippen LogP contribution is -2.10. The molecule has 0 aromatic heterocycles. The Kier molecular flexibility index (Phi) is 8.08. The molecule has 0 fully saturated rings. The van der Waals surface area contributed by atoms with Crippen molar-refractivity contribution in [3.8, 4) is 28.4 Å². The van der Waals surface area contributed by atoms with Crippen molar-refractivity contribution >= 4 is 5.97 Å². The number of methoxy groups -OCH3 is 1. The van der Waals surface area contributed by atoms with Crippen molar-refractivity contribution in [1.29, 1.82) is 0 Å². The number of esters is 1. The molecule has 2 aromatic carbocycles. The Morgan fingerprint density at radius 1 is 1.00 bits per heavy atom. The Balaban J connectivity index is 2.02. The van der Waals surface area contributed by atoms with E-state index in [1.807, 2.05) is 30.3 Å². The van der Waals surface area contributed by atoms with Gasteiger partial charge in [-0.05, 0) is 48.2 Å². The highest BCUT2D eigenvalue weighted by Gasteiger charge is 2.09. The highest BCUT2D eigenvalue weighted by Crippen LogP contribution is 2.33. The van der Waals surface area contributed by atoms with Gasteiger partial charge in [-0.1, -0.05) is 38.6 Å². The SMILES string of the molecule is C=C(C)C(=O)Oc1ccc(-c2ccc(OCCOCC(C)C)c(OC)c2)cc1. The van der Waals surface area contributed by atoms with Crippen molar-refractivity contribution < 1.29 is 23.7 Å². The molecule has 0 atom stereocenters. The lowest BCUT2D eigenvalue weighted by atomic mass is 10.0. The van der Waals surface area contributed by atoms with Crippen LogP contribution < -0.4 is 14.2 Å². The molecule has 28 heavy (non-hydrogen) atoms. The molecule has 5 nitrogen and oxygen atoms in total. The summed E-state index contributed by atoms with van der Waals surface area (Å²) in [7, 11) is 1.61. The van der Waals surface area contributed by atoms with E-state index in [1.165, 1.54) is 0 Å². The van der Waals surface area contributed by atoms with Gasteiger partial charge in [0, 0.05) is 12.2 Å². The topological polar surface area (TPSA) is 54.0 Å². The van der Waals surface area contributed by atoms with E-state index < -0.39 is 5.97 Å². The maximum absolute atomic E-state index is 11.6. The van der Waals surface area contributed by atoms with Gasteiger partial charge in [0.05, 0.1) is 13.7 Å². The average Bonchev–Trinajstić information content (AvgIpc) is 2.68. The fourth-order valence-electron chi connectivity index (χ4n) is 2.41. The van der Waals surface area contributed by atoms with Gasteiger partial charge >= 0.3 is 5.97 Å². The van der Waals surface area contributed by atoms with E-state index in [9.17, 15) is 4.79 Å². The largest absolute Gasteiger partial charge is 0.493 e. The summed E-state index contributed by atoms with van der Waals surface area (Å²) in [4.78, 5) is 11.6. The lowest BCUT2D eigenvalue weighted by molar-refractivity contribution is -0.130. The number of carbonyl (C=O) groups excluding carboxylic acids is 1. The molecule has 0 unspecified atom stereocenters. The van der Waals surface area contributed by atoms with E-state index in [0.29, 0.717) is 42.0 Å². The maximum atomic E-state index is 11.6. The normalized spacial score (nSPS) is 10.6. The van der Waals surface area contributed by atoms with Crippen LogP contribution in [0.3, 0.4) is 0 Å². The molecule has 0 aliphatic carbocycles. The molecule has 0 saturated carbocycles. The van der Waals surface area contributed by atoms with E-state index in [4.69, 9.17) is 18.9 Å². The third-order valence-corrected chi connectivity index (χ3v) is 3.85. The summed E-state index contributed by atoms with van der Waals surface area (Å²) >= 11 is 0. The van der Waals surface area contributed by atoms with Crippen LogP contribution >= 0.6 is 0 Å². The molecule has 2 aromatic rings. The zero-order valence-corrected chi connectivity index (χ0v) is 17.0.